The SMILES string of the molecule is FC(F)n1ccnc1CSc1nnnn1Cc1cccs1. The second-order valence-corrected chi connectivity index (χ2v) is 5.99. The average Bonchev–Trinajstić information content (AvgIpc) is 3.18. The number of tetrazole rings is 1. The van der Waals surface area contributed by atoms with Crippen molar-refractivity contribution in [1.82, 2.24) is 29.8 Å². The molecular weight excluding hydrogens is 318 g/mol. The quantitative estimate of drug-likeness (QED) is 0.651. The Morgan fingerprint density at radius 2 is 2.29 bits per heavy atom. The Kier molecular flexibility index (Phi) is 4.25. The Morgan fingerprint density at radius 1 is 1.38 bits per heavy atom. The van der Waals surface area contributed by atoms with Crippen LogP contribution < -0.4 is 0 Å². The first-order valence-corrected chi connectivity index (χ1v) is 7.82. The number of imidazole rings is 1. The van der Waals surface area contributed by atoms with Crippen LogP contribution in [0.5, 0.6) is 0 Å². The highest BCUT2D eigenvalue weighted by Gasteiger charge is 2.14. The van der Waals surface area contributed by atoms with Crippen LogP contribution in [-0.4, -0.2) is 29.8 Å². The van der Waals surface area contributed by atoms with Gasteiger partial charge in [0.15, 0.2) is 0 Å². The van der Waals surface area contributed by atoms with Gasteiger partial charge >= 0.3 is 6.55 Å². The third-order valence-electron chi connectivity index (χ3n) is 2.67. The molecule has 0 N–H and O–H groups in total. The normalized spacial score (nSPS) is 11.4. The van der Waals surface area contributed by atoms with Gasteiger partial charge in [0.2, 0.25) is 5.16 Å². The summed E-state index contributed by atoms with van der Waals surface area (Å²) in [5, 5.41) is 14.0. The second-order valence-electron chi connectivity index (χ2n) is 4.02. The van der Waals surface area contributed by atoms with Crippen molar-refractivity contribution in [1.29, 1.82) is 0 Å². The van der Waals surface area contributed by atoms with Crippen molar-refractivity contribution < 1.29 is 8.78 Å². The Balaban J connectivity index is 1.68. The van der Waals surface area contributed by atoms with Gasteiger partial charge in [0, 0.05) is 17.3 Å². The molecule has 3 rings (SSSR count). The second kappa shape index (κ2) is 6.31. The molecule has 0 spiro atoms. The lowest BCUT2D eigenvalue weighted by molar-refractivity contribution is 0.0678. The maximum Gasteiger partial charge on any atom is 0.319 e. The lowest BCUT2D eigenvalue weighted by atomic mass is 10.5. The molecule has 3 heterocycles. The van der Waals surface area contributed by atoms with Crippen LogP contribution in [-0.2, 0) is 12.3 Å². The zero-order valence-electron chi connectivity index (χ0n) is 10.6. The highest BCUT2D eigenvalue weighted by Crippen LogP contribution is 2.22. The van der Waals surface area contributed by atoms with Crippen LogP contribution in [0, 0.1) is 0 Å². The molecule has 0 fully saturated rings. The number of nitrogens with zero attached hydrogens (tertiary/aromatic N) is 6. The summed E-state index contributed by atoms with van der Waals surface area (Å²) >= 11 is 2.89. The minimum absolute atomic E-state index is 0.280. The number of halogens is 2. The van der Waals surface area contributed by atoms with Crippen LogP contribution in [0.15, 0.2) is 35.1 Å². The van der Waals surface area contributed by atoms with E-state index in [0.717, 1.165) is 9.44 Å². The Labute approximate surface area is 126 Å². The topological polar surface area (TPSA) is 61.4 Å². The van der Waals surface area contributed by atoms with Crippen LogP contribution in [0.1, 0.15) is 17.3 Å². The molecule has 110 valence electrons. The zero-order chi connectivity index (χ0) is 14.7. The molecule has 21 heavy (non-hydrogen) atoms. The van der Waals surface area contributed by atoms with E-state index in [1.54, 1.807) is 16.0 Å². The van der Waals surface area contributed by atoms with Crippen molar-refractivity contribution in [2.24, 2.45) is 0 Å². The molecule has 0 radical (unpaired) electrons. The molecular formula is C11H10F2N6S2. The van der Waals surface area contributed by atoms with E-state index >= 15 is 0 Å². The minimum atomic E-state index is -2.59. The molecule has 10 heteroatoms. The molecule has 0 saturated heterocycles. The maximum absolute atomic E-state index is 12.7. The molecule has 0 aliphatic rings. The average molecular weight is 328 g/mol. The summed E-state index contributed by atoms with van der Waals surface area (Å²) in [7, 11) is 0. The van der Waals surface area contributed by atoms with Gasteiger partial charge in [-0.05, 0) is 21.9 Å². The van der Waals surface area contributed by atoms with Crippen molar-refractivity contribution in [3.05, 3.63) is 40.6 Å². The number of hydrogen-bond donors (Lipinski definition) is 0. The third kappa shape index (κ3) is 3.27. The van der Waals surface area contributed by atoms with Gasteiger partial charge in [0.25, 0.3) is 0 Å². The van der Waals surface area contributed by atoms with Gasteiger partial charge in [0.05, 0.1) is 12.3 Å². The van der Waals surface area contributed by atoms with E-state index in [4.69, 9.17) is 0 Å². The monoisotopic (exact) mass is 328 g/mol. The largest absolute Gasteiger partial charge is 0.319 e. The summed E-state index contributed by atoms with van der Waals surface area (Å²) in [6, 6.07) is 3.95. The van der Waals surface area contributed by atoms with Crippen LogP contribution >= 0.6 is 23.1 Å². The van der Waals surface area contributed by atoms with E-state index in [0.29, 0.717) is 17.5 Å². The van der Waals surface area contributed by atoms with Crippen molar-refractivity contribution in [2.75, 3.05) is 0 Å². The number of hydrogen-bond acceptors (Lipinski definition) is 6. The maximum atomic E-state index is 12.7. The number of thiophene rings is 1. The van der Waals surface area contributed by atoms with Crippen LogP contribution in [0.25, 0.3) is 0 Å². The fourth-order valence-corrected chi connectivity index (χ4v) is 3.22. The first kappa shape index (κ1) is 14.1. The molecule has 0 bridgehead atoms. The van der Waals surface area contributed by atoms with Crippen LogP contribution in [0.4, 0.5) is 8.78 Å². The predicted octanol–water partition coefficient (Wildman–Crippen LogP) is 2.67. The van der Waals surface area contributed by atoms with Crippen molar-refractivity contribution >= 4 is 23.1 Å². The molecule has 3 aromatic rings. The molecule has 0 atom stereocenters. The van der Waals surface area contributed by atoms with E-state index < -0.39 is 6.55 Å². The first-order valence-electron chi connectivity index (χ1n) is 5.95. The van der Waals surface area contributed by atoms with Gasteiger partial charge < -0.3 is 0 Å². The first-order chi connectivity index (χ1) is 10.2. The smallest absolute Gasteiger partial charge is 0.277 e. The predicted molar refractivity (Wildman–Crippen MR) is 74.3 cm³/mol. The summed E-state index contributed by atoms with van der Waals surface area (Å²) in [5.41, 5.74) is 0. The van der Waals surface area contributed by atoms with Crippen molar-refractivity contribution in [3.63, 3.8) is 0 Å². The van der Waals surface area contributed by atoms with E-state index in [2.05, 4.69) is 20.5 Å². The Hall–Kier alpha value is -1.81. The van der Waals surface area contributed by atoms with Gasteiger partial charge in [-0.3, -0.25) is 4.57 Å². The van der Waals surface area contributed by atoms with E-state index in [-0.39, 0.29) is 5.75 Å². The standard InChI is InChI=1S/C11H10F2N6S2/c12-10(13)18-4-3-14-9(18)7-21-11-15-16-17-19(11)6-8-2-1-5-20-8/h1-5,10H,6-7H2. The van der Waals surface area contributed by atoms with Crippen molar-refractivity contribution in [3.8, 4) is 0 Å². The van der Waals surface area contributed by atoms with E-state index in [1.807, 2.05) is 17.5 Å². The van der Waals surface area contributed by atoms with Gasteiger partial charge in [0.1, 0.15) is 5.82 Å². The zero-order valence-corrected chi connectivity index (χ0v) is 12.3. The van der Waals surface area contributed by atoms with E-state index in [1.165, 1.54) is 24.2 Å². The molecule has 0 unspecified atom stereocenters. The van der Waals surface area contributed by atoms with Gasteiger partial charge in [-0.2, -0.15) is 8.78 Å². The van der Waals surface area contributed by atoms with Crippen LogP contribution in [0.2, 0.25) is 0 Å². The molecule has 3 aromatic heterocycles. The fourth-order valence-electron chi connectivity index (χ4n) is 1.71. The number of thioether (sulfide) groups is 1. The third-order valence-corrected chi connectivity index (χ3v) is 4.49. The van der Waals surface area contributed by atoms with Gasteiger partial charge in [-0.15, -0.1) is 16.4 Å². The van der Waals surface area contributed by atoms with Gasteiger partial charge in [-0.25, -0.2) is 9.67 Å². The lowest BCUT2D eigenvalue weighted by Gasteiger charge is -2.06. The Morgan fingerprint density at radius 3 is 3.05 bits per heavy atom. The summed E-state index contributed by atoms with van der Waals surface area (Å²) < 4.78 is 27.9. The lowest BCUT2D eigenvalue weighted by Crippen LogP contribution is -2.05. The summed E-state index contributed by atoms with van der Waals surface area (Å²) in [6.07, 6.45) is 2.62. The summed E-state index contributed by atoms with van der Waals surface area (Å²) in [6.45, 7) is -2.03. The molecule has 0 aliphatic carbocycles. The summed E-state index contributed by atoms with van der Waals surface area (Å²) in [5.74, 6) is 0.572. The van der Waals surface area contributed by atoms with Crippen molar-refractivity contribution in [2.45, 2.75) is 24.0 Å². The minimum Gasteiger partial charge on any atom is -0.277 e. The highest BCUT2D eigenvalue weighted by atomic mass is 32.2. The molecule has 0 amide bonds. The van der Waals surface area contributed by atoms with E-state index in [9.17, 15) is 8.78 Å². The Bertz CT molecular complexity index is 693. The molecule has 0 aromatic carbocycles. The molecule has 0 saturated carbocycles. The summed E-state index contributed by atoms with van der Waals surface area (Å²) in [4.78, 5) is 5.05. The fraction of sp³-hybridized carbons (Fsp3) is 0.273. The molecule has 0 aliphatic heterocycles. The van der Waals surface area contributed by atoms with Crippen LogP contribution in [0.3, 0.4) is 0 Å². The van der Waals surface area contributed by atoms with Gasteiger partial charge in [-0.1, -0.05) is 17.8 Å². The number of rotatable bonds is 6. The highest BCUT2D eigenvalue weighted by molar-refractivity contribution is 7.98. The molecule has 6 nitrogen and oxygen atoms in total. The number of aromatic nitrogens is 6. The number of alkyl halides is 2.